The van der Waals surface area contributed by atoms with Crippen molar-refractivity contribution >= 4 is 26.8 Å². The zero-order valence-corrected chi connectivity index (χ0v) is 13.1. The highest BCUT2D eigenvalue weighted by Crippen LogP contribution is 2.32. The first-order valence-corrected chi connectivity index (χ1v) is 7.89. The van der Waals surface area contributed by atoms with Gasteiger partial charge >= 0.3 is 0 Å². The number of nitrogen functional groups attached to an aromatic ring is 1. The van der Waals surface area contributed by atoms with Crippen molar-refractivity contribution in [1.82, 2.24) is 19.9 Å². The summed E-state index contributed by atoms with van der Waals surface area (Å²) in [5.41, 5.74) is 6.11. The first kappa shape index (κ1) is 15.0. The molecule has 0 unspecified atom stereocenters. The molecule has 0 amide bonds. The summed E-state index contributed by atoms with van der Waals surface area (Å²) in [5, 5.41) is -0.300. The normalized spacial score (nSPS) is 11.6. The van der Waals surface area contributed by atoms with Crippen LogP contribution in [0.5, 0.6) is 11.5 Å². The number of rotatable bonds is 4. The van der Waals surface area contributed by atoms with Crippen LogP contribution in [0.3, 0.4) is 0 Å². The van der Waals surface area contributed by atoms with Gasteiger partial charge in [0.15, 0.2) is 11.5 Å². The van der Waals surface area contributed by atoms with Crippen molar-refractivity contribution in [3.63, 3.8) is 0 Å². The van der Waals surface area contributed by atoms with E-state index in [2.05, 4.69) is 19.9 Å². The number of imidazole rings is 1. The average molecular weight is 335 g/mol. The molecule has 0 aliphatic carbocycles. The third kappa shape index (κ3) is 2.42. The fourth-order valence-electron chi connectivity index (χ4n) is 2.05. The molecule has 0 saturated carbocycles. The summed E-state index contributed by atoms with van der Waals surface area (Å²) in [6, 6.07) is 4.46. The van der Waals surface area contributed by atoms with Crippen LogP contribution in [0.15, 0.2) is 34.6 Å². The molecule has 2 aromatic heterocycles. The summed E-state index contributed by atoms with van der Waals surface area (Å²) >= 11 is 0. The van der Waals surface area contributed by atoms with Gasteiger partial charge in [0.05, 0.1) is 14.2 Å². The number of benzene rings is 1. The van der Waals surface area contributed by atoms with Crippen LogP contribution in [0.2, 0.25) is 0 Å². The van der Waals surface area contributed by atoms with Crippen molar-refractivity contribution in [2.24, 2.45) is 0 Å². The third-order valence-corrected chi connectivity index (χ3v) is 4.81. The molecule has 0 bridgehead atoms. The number of anilines is 1. The lowest BCUT2D eigenvalue weighted by atomic mass is 10.3. The predicted molar refractivity (Wildman–Crippen MR) is 81.1 cm³/mol. The van der Waals surface area contributed by atoms with Gasteiger partial charge in [0.1, 0.15) is 28.2 Å². The van der Waals surface area contributed by atoms with E-state index in [9.17, 15) is 8.42 Å². The number of ether oxygens (including phenoxy) is 2. The Balaban J connectivity index is 2.23. The molecule has 0 saturated heterocycles. The molecule has 0 spiro atoms. The van der Waals surface area contributed by atoms with Crippen LogP contribution in [-0.4, -0.2) is 42.6 Å². The Morgan fingerprint density at radius 3 is 2.61 bits per heavy atom. The minimum Gasteiger partial charge on any atom is -0.497 e. The molecule has 3 aromatic rings. The fraction of sp³-hybridized carbons (Fsp3) is 0.154. The van der Waals surface area contributed by atoms with Crippen molar-refractivity contribution in [1.29, 1.82) is 0 Å². The van der Waals surface area contributed by atoms with Gasteiger partial charge in [-0.1, -0.05) is 0 Å². The Morgan fingerprint density at radius 1 is 1.17 bits per heavy atom. The van der Waals surface area contributed by atoms with Crippen molar-refractivity contribution in [3.05, 3.63) is 24.5 Å². The third-order valence-electron chi connectivity index (χ3n) is 3.21. The molecule has 2 heterocycles. The summed E-state index contributed by atoms with van der Waals surface area (Å²) < 4.78 is 35.9. The molecular weight excluding hydrogens is 322 g/mol. The summed E-state index contributed by atoms with van der Waals surface area (Å²) in [7, 11) is -1.17. The molecular formula is C13H13N5O4S. The summed E-state index contributed by atoms with van der Waals surface area (Å²) in [6.45, 7) is 0. The van der Waals surface area contributed by atoms with E-state index in [4.69, 9.17) is 15.2 Å². The Kier molecular flexibility index (Phi) is 3.52. The number of methoxy groups -OCH3 is 2. The second-order valence-electron chi connectivity index (χ2n) is 4.52. The van der Waals surface area contributed by atoms with Crippen LogP contribution in [0.1, 0.15) is 0 Å². The van der Waals surface area contributed by atoms with E-state index in [1.54, 1.807) is 6.07 Å². The number of H-pyrrole nitrogens is 1. The largest absolute Gasteiger partial charge is 0.497 e. The first-order valence-electron chi connectivity index (χ1n) is 6.40. The molecule has 120 valence electrons. The topological polar surface area (TPSA) is 133 Å². The van der Waals surface area contributed by atoms with Crippen LogP contribution in [0.4, 0.5) is 5.82 Å². The van der Waals surface area contributed by atoms with Crippen LogP contribution in [-0.2, 0) is 9.84 Å². The van der Waals surface area contributed by atoms with Gasteiger partial charge in [-0.15, -0.1) is 0 Å². The van der Waals surface area contributed by atoms with E-state index < -0.39 is 9.84 Å². The number of fused-ring (bicyclic) bond motifs is 1. The van der Waals surface area contributed by atoms with Gasteiger partial charge in [0.2, 0.25) is 15.0 Å². The van der Waals surface area contributed by atoms with E-state index in [1.165, 1.54) is 32.7 Å². The van der Waals surface area contributed by atoms with Crippen LogP contribution in [0.25, 0.3) is 11.2 Å². The number of nitrogens with two attached hydrogens (primary N) is 1. The van der Waals surface area contributed by atoms with Crippen LogP contribution in [0, 0.1) is 0 Å². The first-order chi connectivity index (χ1) is 11.0. The lowest BCUT2D eigenvalue weighted by Crippen LogP contribution is -2.06. The molecule has 0 fully saturated rings. The van der Waals surface area contributed by atoms with Gasteiger partial charge in [-0.3, -0.25) is 0 Å². The summed E-state index contributed by atoms with van der Waals surface area (Å²) in [5.74, 6) is 0.659. The number of sulfone groups is 1. The maximum atomic E-state index is 12.8. The second-order valence-corrected chi connectivity index (χ2v) is 6.35. The molecule has 0 radical (unpaired) electrons. The minimum atomic E-state index is -3.99. The Labute approximate surface area is 131 Å². The molecule has 3 N–H and O–H groups in total. The maximum Gasteiger partial charge on any atom is 0.243 e. The van der Waals surface area contributed by atoms with E-state index in [0.717, 1.165) is 0 Å². The van der Waals surface area contributed by atoms with E-state index in [-0.39, 0.29) is 32.8 Å². The molecule has 9 nitrogen and oxygen atoms in total. The Bertz CT molecular complexity index is 983. The maximum absolute atomic E-state index is 12.8. The number of aromatic nitrogens is 4. The molecule has 23 heavy (non-hydrogen) atoms. The molecule has 3 rings (SSSR count). The standard InChI is InChI=1S/C13H13N5O4S/c1-21-7-3-4-8(22-2)9(5-7)23(19,20)13-17-10-11(14)15-6-16-12(10)18-13/h3-6H,1-2H3,(H3,14,15,16,17,18). The van der Waals surface area contributed by atoms with Gasteiger partial charge in [-0.25, -0.2) is 18.4 Å². The number of aromatic amines is 1. The van der Waals surface area contributed by atoms with E-state index in [0.29, 0.717) is 5.75 Å². The van der Waals surface area contributed by atoms with Crippen molar-refractivity contribution < 1.29 is 17.9 Å². The SMILES string of the molecule is COc1ccc(OC)c(S(=O)(=O)c2nc3ncnc(N)c3[nH]2)c1. The van der Waals surface area contributed by atoms with Gasteiger partial charge in [-0.05, 0) is 12.1 Å². The number of nitrogens with one attached hydrogen (secondary N) is 1. The van der Waals surface area contributed by atoms with Gasteiger partial charge in [-0.2, -0.15) is 4.98 Å². The zero-order valence-electron chi connectivity index (χ0n) is 12.3. The number of nitrogens with zero attached hydrogens (tertiary/aromatic N) is 3. The summed E-state index contributed by atoms with van der Waals surface area (Å²) in [4.78, 5) is 14.2. The fourth-order valence-corrected chi connectivity index (χ4v) is 3.39. The average Bonchev–Trinajstić information content (AvgIpc) is 3.00. The number of hydrogen-bond donors (Lipinski definition) is 2. The number of hydrogen-bond acceptors (Lipinski definition) is 8. The zero-order chi connectivity index (χ0) is 16.6. The van der Waals surface area contributed by atoms with E-state index >= 15 is 0 Å². The molecule has 10 heteroatoms. The second kappa shape index (κ2) is 5.39. The highest BCUT2D eigenvalue weighted by Gasteiger charge is 2.27. The highest BCUT2D eigenvalue weighted by molar-refractivity contribution is 7.91. The van der Waals surface area contributed by atoms with Crippen LogP contribution < -0.4 is 15.2 Å². The molecule has 0 atom stereocenters. The monoisotopic (exact) mass is 335 g/mol. The smallest absolute Gasteiger partial charge is 0.243 e. The highest BCUT2D eigenvalue weighted by atomic mass is 32.2. The van der Waals surface area contributed by atoms with Crippen molar-refractivity contribution in [2.75, 3.05) is 20.0 Å². The van der Waals surface area contributed by atoms with E-state index in [1.807, 2.05) is 0 Å². The lowest BCUT2D eigenvalue weighted by molar-refractivity contribution is 0.392. The van der Waals surface area contributed by atoms with Gasteiger partial charge in [0, 0.05) is 6.07 Å². The molecule has 1 aromatic carbocycles. The molecule has 0 aliphatic rings. The minimum absolute atomic E-state index is 0.0788. The van der Waals surface area contributed by atoms with Gasteiger partial charge < -0.3 is 20.2 Å². The van der Waals surface area contributed by atoms with Crippen molar-refractivity contribution in [2.45, 2.75) is 10.1 Å². The Hall–Kier alpha value is -2.88. The Morgan fingerprint density at radius 2 is 1.96 bits per heavy atom. The van der Waals surface area contributed by atoms with Crippen molar-refractivity contribution in [3.8, 4) is 11.5 Å². The lowest BCUT2D eigenvalue weighted by Gasteiger charge is -2.09. The summed E-state index contributed by atoms with van der Waals surface area (Å²) in [6.07, 6.45) is 1.21. The quantitative estimate of drug-likeness (QED) is 0.714. The van der Waals surface area contributed by atoms with Gasteiger partial charge in [0.25, 0.3) is 0 Å². The molecule has 0 aliphatic heterocycles. The predicted octanol–water partition coefficient (Wildman–Crippen LogP) is 0.785. The van der Waals surface area contributed by atoms with Crippen LogP contribution >= 0.6 is 0 Å².